The summed E-state index contributed by atoms with van der Waals surface area (Å²) in [5, 5.41) is 21.0. The molecule has 2 saturated heterocycles. The first-order chi connectivity index (χ1) is 19.9. The molecule has 0 aromatic heterocycles. The summed E-state index contributed by atoms with van der Waals surface area (Å²) in [6.07, 6.45) is 0. The maximum atomic E-state index is 14.9. The van der Waals surface area contributed by atoms with Crippen molar-refractivity contribution in [2.24, 2.45) is 0 Å². The van der Waals surface area contributed by atoms with E-state index in [9.17, 15) is 24.9 Å². The van der Waals surface area contributed by atoms with Gasteiger partial charge in [-0.2, -0.15) is 0 Å². The third kappa shape index (κ3) is 3.70. The molecule has 2 amide bonds. The van der Waals surface area contributed by atoms with E-state index < -0.39 is 34.6 Å². The molecule has 0 aliphatic carbocycles. The molecule has 1 spiro atoms. The van der Waals surface area contributed by atoms with Crippen LogP contribution in [0, 0.1) is 5.41 Å². The predicted octanol–water partition coefficient (Wildman–Crippen LogP) is 4.76. The fourth-order valence-electron chi connectivity index (χ4n) is 5.39. The second-order valence-electron chi connectivity index (χ2n) is 9.40. The number of benzene rings is 4. The number of ether oxygens (including phenoxy) is 1. The third-order valence-electron chi connectivity index (χ3n) is 7.19. The van der Waals surface area contributed by atoms with Crippen molar-refractivity contribution in [3.63, 3.8) is 0 Å². The Kier molecular flexibility index (Phi) is 6.11. The van der Waals surface area contributed by atoms with E-state index in [1.54, 1.807) is 115 Å². The van der Waals surface area contributed by atoms with E-state index in [0.717, 1.165) is 9.80 Å². The van der Waals surface area contributed by atoms with Crippen LogP contribution in [0.4, 0.5) is 17.1 Å². The van der Waals surface area contributed by atoms with Crippen molar-refractivity contribution in [3.05, 3.63) is 126 Å². The van der Waals surface area contributed by atoms with E-state index in [2.05, 4.69) is 0 Å². The van der Waals surface area contributed by atoms with Crippen molar-refractivity contribution < 1.29 is 24.2 Å². The Morgan fingerprint density at radius 1 is 0.707 bits per heavy atom. The van der Waals surface area contributed by atoms with Gasteiger partial charge < -0.3 is 9.84 Å². The SMILES string of the molecule is COc1ccc(N2C(=O)C(=O)/C(=C(/O)c3ccccc3)C23C(=O)N(c2ccccc2)C(=N)N3c2ccccc2)cc1. The van der Waals surface area contributed by atoms with Crippen molar-refractivity contribution in [1.82, 2.24) is 0 Å². The van der Waals surface area contributed by atoms with Crippen LogP contribution in [0.3, 0.4) is 0 Å². The summed E-state index contributed by atoms with van der Waals surface area (Å²) < 4.78 is 5.28. The van der Waals surface area contributed by atoms with Crippen LogP contribution in [0.1, 0.15) is 5.56 Å². The van der Waals surface area contributed by atoms with Gasteiger partial charge in [-0.25, -0.2) is 4.90 Å². The van der Waals surface area contributed by atoms with Crippen LogP contribution in [0.5, 0.6) is 5.75 Å². The molecular weight excluding hydrogens is 520 g/mol. The molecule has 0 saturated carbocycles. The number of Topliss-reactive ketones (excluding diaryl/α,β-unsaturated/α-hetero) is 1. The summed E-state index contributed by atoms with van der Waals surface area (Å²) in [7, 11) is 1.50. The lowest BCUT2D eigenvalue weighted by atomic mass is 9.92. The van der Waals surface area contributed by atoms with E-state index in [1.807, 2.05) is 0 Å². The van der Waals surface area contributed by atoms with Crippen LogP contribution in [0.15, 0.2) is 121 Å². The number of aliphatic hydroxyl groups is 1. The summed E-state index contributed by atoms with van der Waals surface area (Å²) in [5.74, 6) is -3.18. The number of carbonyl (C=O) groups excluding carboxylic acids is 3. The number of hydrogen-bond donors (Lipinski definition) is 2. The number of anilines is 3. The number of nitrogens with one attached hydrogen (secondary N) is 1. The normalized spacial score (nSPS) is 19.9. The van der Waals surface area contributed by atoms with Crippen LogP contribution < -0.4 is 19.4 Å². The highest BCUT2D eigenvalue weighted by molar-refractivity contribution is 6.57. The van der Waals surface area contributed by atoms with Gasteiger partial charge in [0.25, 0.3) is 11.7 Å². The Hall–Kier alpha value is -5.70. The molecule has 2 aliphatic heterocycles. The van der Waals surface area contributed by atoms with Gasteiger partial charge in [0.2, 0.25) is 11.6 Å². The zero-order chi connectivity index (χ0) is 28.7. The van der Waals surface area contributed by atoms with E-state index in [4.69, 9.17) is 4.74 Å². The number of rotatable bonds is 5. The van der Waals surface area contributed by atoms with Gasteiger partial charge in [0.05, 0.1) is 12.8 Å². The van der Waals surface area contributed by atoms with Gasteiger partial charge in [0.1, 0.15) is 17.1 Å². The molecule has 41 heavy (non-hydrogen) atoms. The summed E-state index contributed by atoms with van der Waals surface area (Å²) >= 11 is 0. The second-order valence-corrected chi connectivity index (χ2v) is 9.40. The number of carbonyl (C=O) groups is 3. The van der Waals surface area contributed by atoms with Gasteiger partial charge in [-0.05, 0) is 48.5 Å². The maximum absolute atomic E-state index is 14.9. The van der Waals surface area contributed by atoms with Crippen molar-refractivity contribution >= 4 is 46.4 Å². The van der Waals surface area contributed by atoms with Crippen molar-refractivity contribution in [1.29, 1.82) is 5.41 Å². The standard InChI is InChI=1S/C32H24N4O5/c1-41-25-19-17-24(18-20-25)35-29(39)28(38)26(27(37)21-11-5-2-6-12-21)32(35)30(40)34(22-13-7-3-8-14-22)31(33)36(32)23-15-9-4-10-16-23/h2-20,33,37H,1H3/b27-26-,33-31?. The van der Waals surface area contributed by atoms with Crippen LogP contribution in [0.2, 0.25) is 0 Å². The number of hydrogen-bond acceptors (Lipinski definition) is 6. The summed E-state index contributed by atoms with van der Waals surface area (Å²) in [6, 6.07) is 31.7. The molecule has 202 valence electrons. The first-order valence-electron chi connectivity index (χ1n) is 12.8. The van der Waals surface area contributed by atoms with Crippen LogP contribution in [0.25, 0.3) is 5.76 Å². The minimum Gasteiger partial charge on any atom is -0.507 e. The number of para-hydroxylation sites is 2. The highest BCUT2D eigenvalue weighted by Gasteiger charge is 2.71. The molecule has 1 unspecified atom stereocenters. The Balaban J connectivity index is 1.73. The van der Waals surface area contributed by atoms with Gasteiger partial charge in [0.15, 0.2) is 0 Å². The maximum Gasteiger partial charge on any atom is 0.301 e. The molecule has 4 aromatic rings. The molecule has 4 aromatic carbocycles. The number of ketones is 1. The Labute approximate surface area is 235 Å². The molecule has 1 atom stereocenters. The van der Waals surface area contributed by atoms with E-state index in [0.29, 0.717) is 17.1 Å². The van der Waals surface area contributed by atoms with Crippen molar-refractivity contribution in [2.45, 2.75) is 5.66 Å². The monoisotopic (exact) mass is 544 g/mol. The van der Waals surface area contributed by atoms with Crippen molar-refractivity contribution in [3.8, 4) is 5.75 Å². The molecule has 9 nitrogen and oxygen atoms in total. The largest absolute Gasteiger partial charge is 0.507 e. The van der Waals surface area contributed by atoms with E-state index >= 15 is 0 Å². The van der Waals surface area contributed by atoms with Gasteiger partial charge in [-0.3, -0.25) is 29.6 Å². The molecule has 2 N–H and O–H groups in total. The average Bonchev–Trinajstić information content (AvgIpc) is 3.38. The van der Waals surface area contributed by atoms with Crippen LogP contribution in [-0.4, -0.2) is 41.4 Å². The fourth-order valence-corrected chi connectivity index (χ4v) is 5.39. The Bertz CT molecular complexity index is 1710. The minimum absolute atomic E-state index is 0.206. The number of nitrogens with zero attached hydrogens (tertiary/aromatic N) is 3. The molecular formula is C32H24N4O5. The number of methoxy groups -OCH3 is 1. The summed E-state index contributed by atoms with van der Waals surface area (Å²) in [6.45, 7) is 0. The molecule has 2 fully saturated rings. The first kappa shape index (κ1) is 25.6. The highest BCUT2D eigenvalue weighted by Crippen LogP contribution is 2.50. The molecule has 0 bridgehead atoms. The topological polar surface area (TPSA) is 114 Å². The molecule has 0 radical (unpaired) electrons. The van der Waals surface area contributed by atoms with E-state index in [1.165, 1.54) is 12.0 Å². The number of amides is 2. The zero-order valence-electron chi connectivity index (χ0n) is 21.9. The Morgan fingerprint density at radius 3 is 1.78 bits per heavy atom. The zero-order valence-corrected chi connectivity index (χ0v) is 21.9. The minimum atomic E-state index is -2.27. The van der Waals surface area contributed by atoms with Crippen molar-refractivity contribution in [2.75, 3.05) is 21.8 Å². The van der Waals surface area contributed by atoms with Gasteiger partial charge in [0, 0.05) is 16.9 Å². The van der Waals surface area contributed by atoms with Crippen LogP contribution in [-0.2, 0) is 14.4 Å². The van der Waals surface area contributed by atoms with Gasteiger partial charge in [-0.15, -0.1) is 0 Å². The van der Waals surface area contributed by atoms with Gasteiger partial charge >= 0.3 is 5.91 Å². The number of guanidine groups is 1. The highest BCUT2D eigenvalue weighted by atomic mass is 16.5. The Morgan fingerprint density at radius 2 is 1.22 bits per heavy atom. The second kappa shape index (κ2) is 9.80. The molecule has 6 rings (SSSR count). The third-order valence-corrected chi connectivity index (χ3v) is 7.19. The average molecular weight is 545 g/mol. The number of aliphatic hydroxyl groups excluding tert-OH is 1. The molecule has 2 heterocycles. The lowest BCUT2D eigenvalue weighted by molar-refractivity contribution is -0.132. The first-order valence-corrected chi connectivity index (χ1v) is 12.8. The fraction of sp³-hybridized carbons (Fsp3) is 0.0625. The van der Waals surface area contributed by atoms with Gasteiger partial charge in [-0.1, -0.05) is 66.7 Å². The molecule has 9 heteroatoms. The van der Waals surface area contributed by atoms with E-state index in [-0.39, 0.29) is 17.2 Å². The summed E-state index contributed by atoms with van der Waals surface area (Å²) in [5.41, 5.74) is -1.54. The predicted molar refractivity (Wildman–Crippen MR) is 155 cm³/mol. The van der Waals surface area contributed by atoms with Crippen LogP contribution >= 0.6 is 0 Å². The lowest BCUT2D eigenvalue weighted by Crippen LogP contribution is -2.62. The smallest absolute Gasteiger partial charge is 0.301 e. The summed E-state index contributed by atoms with van der Waals surface area (Å²) in [4.78, 5) is 46.4. The quantitative estimate of drug-likeness (QED) is 0.213. The molecule has 2 aliphatic rings. The lowest BCUT2D eigenvalue weighted by Gasteiger charge is -2.39.